The van der Waals surface area contributed by atoms with E-state index in [-0.39, 0.29) is 28.3 Å². The smallest absolute Gasteiger partial charge is 0.419 e. The number of benzene rings is 2. The fourth-order valence-electron chi connectivity index (χ4n) is 4.81. The molecule has 0 aliphatic heterocycles. The van der Waals surface area contributed by atoms with Crippen molar-refractivity contribution < 1.29 is 27.8 Å². The molecule has 4 rings (SSSR count). The van der Waals surface area contributed by atoms with Crippen molar-refractivity contribution in [2.24, 2.45) is 0 Å². The third-order valence-corrected chi connectivity index (χ3v) is 6.65. The lowest BCUT2D eigenvalue weighted by molar-refractivity contribution is -0.272. The Bertz CT molecular complexity index is 1250. The number of anilines is 1. The molecule has 0 bridgehead atoms. The zero-order chi connectivity index (χ0) is 24.1. The molecule has 5 nitrogen and oxygen atoms in total. The van der Waals surface area contributed by atoms with Crippen LogP contribution in [0.1, 0.15) is 68.2 Å². The molecule has 0 radical (unpaired) electrons. The fourth-order valence-corrected chi connectivity index (χ4v) is 4.81. The van der Waals surface area contributed by atoms with E-state index in [2.05, 4.69) is 5.32 Å². The molecule has 8 heteroatoms. The van der Waals surface area contributed by atoms with Crippen LogP contribution in [-0.4, -0.2) is 22.0 Å². The lowest BCUT2D eigenvalue weighted by Crippen LogP contribution is -2.55. The molecule has 1 heterocycles. The van der Waals surface area contributed by atoms with Crippen molar-refractivity contribution in [3.63, 3.8) is 0 Å². The van der Waals surface area contributed by atoms with Gasteiger partial charge in [-0.2, -0.15) is 13.2 Å². The van der Waals surface area contributed by atoms with Crippen molar-refractivity contribution >= 4 is 16.5 Å². The van der Waals surface area contributed by atoms with Gasteiger partial charge >= 0.3 is 11.8 Å². The van der Waals surface area contributed by atoms with Gasteiger partial charge in [0.2, 0.25) is 0 Å². The van der Waals surface area contributed by atoms with Gasteiger partial charge in [-0.25, -0.2) is 4.79 Å². The first-order valence-electron chi connectivity index (χ1n) is 10.9. The summed E-state index contributed by atoms with van der Waals surface area (Å²) in [6, 6.07) is 7.72. The average molecular weight is 461 g/mol. The van der Waals surface area contributed by atoms with Crippen molar-refractivity contribution in [1.82, 2.24) is 0 Å². The van der Waals surface area contributed by atoms with Gasteiger partial charge in [0.25, 0.3) is 0 Å². The van der Waals surface area contributed by atoms with Crippen LogP contribution in [0.2, 0.25) is 0 Å². The fraction of sp³-hybridized carbons (Fsp3) is 0.400. The van der Waals surface area contributed by atoms with Gasteiger partial charge in [0.1, 0.15) is 5.75 Å². The first kappa shape index (κ1) is 23.2. The van der Waals surface area contributed by atoms with Crippen LogP contribution < -0.4 is 10.9 Å². The van der Waals surface area contributed by atoms with E-state index in [4.69, 9.17) is 4.42 Å². The van der Waals surface area contributed by atoms with Crippen molar-refractivity contribution in [3.05, 3.63) is 69.8 Å². The maximum absolute atomic E-state index is 14.4. The van der Waals surface area contributed by atoms with Crippen LogP contribution in [-0.2, 0) is 0 Å². The van der Waals surface area contributed by atoms with Crippen LogP contribution in [0.4, 0.5) is 18.9 Å². The van der Waals surface area contributed by atoms with Gasteiger partial charge in [-0.05, 0) is 60.1 Å². The number of phenolic OH excluding ortho intramolecular Hbond substituents is 1. The number of nitrogens with one attached hydrogen (secondary N) is 1. The van der Waals surface area contributed by atoms with Gasteiger partial charge in [-0.3, -0.25) is 0 Å². The van der Waals surface area contributed by atoms with Crippen LogP contribution in [0, 0.1) is 0 Å². The summed E-state index contributed by atoms with van der Waals surface area (Å²) < 4.78 is 48.1. The molecule has 33 heavy (non-hydrogen) atoms. The quantitative estimate of drug-likeness (QED) is 0.446. The zero-order valence-electron chi connectivity index (χ0n) is 18.5. The number of phenols is 1. The summed E-state index contributed by atoms with van der Waals surface area (Å²) in [5.41, 5.74) is -2.17. The van der Waals surface area contributed by atoms with Crippen molar-refractivity contribution in [2.45, 2.75) is 63.3 Å². The van der Waals surface area contributed by atoms with Crippen molar-refractivity contribution in [3.8, 4) is 5.75 Å². The van der Waals surface area contributed by atoms with E-state index < -0.39 is 35.8 Å². The molecule has 3 atom stereocenters. The molecule has 0 fully saturated rings. The van der Waals surface area contributed by atoms with E-state index in [9.17, 15) is 28.2 Å². The minimum atomic E-state index is -4.94. The highest BCUT2D eigenvalue weighted by Gasteiger charge is 2.62. The van der Waals surface area contributed by atoms with E-state index >= 15 is 0 Å². The van der Waals surface area contributed by atoms with E-state index in [0.29, 0.717) is 22.9 Å². The molecule has 0 saturated carbocycles. The van der Waals surface area contributed by atoms with Gasteiger partial charge in [0, 0.05) is 16.6 Å². The van der Waals surface area contributed by atoms with Crippen LogP contribution in [0.25, 0.3) is 10.8 Å². The Kier molecular flexibility index (Phi) is 5.68. The standard InChI is InChI=1S/C25H26F3NO4/c1-4-14-12-24(32,25(26,27)28)22(18-10-15(13(2)3)11-20(30)21(14)18)29-19-7-5-6-17-16(19)8-9-33-23(17)31/h5-11,13-14,22,29-30,32H,4,12H2,1-3H3/t14-,22+,24+/m1/s1. The Hall–Kier alpha value is -3.00. The average Bonchev–Trinajstić information content (AvgIpc) is 2.75. The number of hydrogen-bond donors (Lipinski definition) is 3. The van der Waals surface area contributed by atoms with Gasteiger partial charge < -0.3 is 19.9 Å². The molecule has 0 amide bonds. The van der Waals surface area contributed by atoms with E-state index in [1.807, 2.05) is 13.8 Å². The van der Waals surface area contributed by atoms with E-state index in [1.165, 1.54) is 24.5 Å². The number of alkyl halides is 3. The SMILES string of the molecule is CC[C@@H]1C[C@@](O)(C(F)(F)F)[C@@H](Nc2cccc3c(=O)occc23)c2cc(C(C)C)cc(O)c21. The number of aromatic hydroxyl groups is 1. The number of aliphatic hydroxyl groups is 1. The Morgan fingerprint density at radius 2 is 1.94 bits per heavy atom. The minimum Gasteiger partial charge on any atom is -0.508 e. The number of rotatable bonds is 4. The number of hydrogen-bond acceptors (Lipinski definition) is 5. The normalized spacial score (nSPS) is 23.0. The second-order valence-electron chi connectivity index (χ2n) is 8.98. The molecule has 3 N–H and O–H groups in total. The summed E-state index contributed by atoms with van der Waals surface area (Å²) in [6.45, 7) is 5.49. The predicted molar refractivity (Wildman–Crippen MR) is 120 cm³/mol. The van der Waals surface area contributed by atoms with Crippen LogP contribution in [0.5, 0.6) is 5.75 Å². The summed E-state index contributed by atoms with van der Waals surface area (Å²) in [4.78, 5) is 12.1. The van der Waals surface area contributed by atoms with Crippen LogP contribution in [0.15, 0.2) is 51.9 Å². The van der Waals surface area contributed by atoms with Gasteiger partial charge in [0.15, 0.2) is 5.60 Å². The summed E-state index contributed by atoms with van der Waals surface area (Å²) in [7, 11) is 0. The third-order valence-electron chi connectivity index (χ3n) is 6.65. The highest BCUT2D eigenvalue weighted by Crippen LogP contribution is 2.55. The van der Waals surface area contributed by atoms with Crippen molar-refractivity contribution in [2.75, 3.05) is 5.32 Å². The molecule has 1 aliphatic carbocycles. The second kappa shape index (κ2) is 8.09. The van der Waals surface area contributed by atoms with Gasteiger partial charge in [-0.15, -0.1) is 0 Å². The lowest BCUT2D eigenvalue weighted by atomic mass is 9.68. The van der Waals surface area contributed by atoms with E-state index in [0.717, 1.165) is 0 Å². The maximum atomic E-state index is 14.4. The molecule has 1 aromatic heterocycles. The Morgan fingerprint density at radius 1 is 1.21 bits per heavy atom. The Balaban J connectivity index is 1.98. The number of halogens is 3. The maximum Gasteiger partial charge on any atom is 0.419 e. The topological polar surface area (TPSA) is 82.7 Å². The Morgan fingerprint density at radius 3 is 2.58 bits per heavy atom. The summed E-state index contributed by atoms with van der Waals surface area (Å²) in [5, 5.41) is 25.4. The van der Waals surface area contributed by atoms with Gasteiger partial charge in [-0.1, -0.05) is 32.9 Å². The minimum absolute atomic E-state index is 0.0509. The van der Waals surface area contributed by atoms with Crippen LogP contribution >= 0.6 is 0 Å². The van der Waals surface area contributed by atoms with Gasteiger partial charge in [0.05, 0.1) is 17.7 Å². The molecule has 2 aromatic carbocycles. The van der Waals surface area contributed by atoms with Crippen LogP contribution in [0.3, 0.4) is 0 Å². The monoisotopic (exact) mass is 461 g/mol. The molecular formula is C25H26F3NO4. The summed E-state index contributed by atoms with van der Waals surface area (Å²) in [5.74, 6) is -0.798. The second-order valence-corrected chi connectivity index (χ2v) is 8.98. The molecule has 0 saturated heterocycles. The molecule has 0 unspecified atom stereocenters. The number of fused-ring (bicyclic) bond motifs is 2. The zero-order valence-corrected chi connectivity index (χ0v) is 18.5. The highest BCUT2D eigenvalue weighted by atomic mass is 19.4. The largest absolute Gasteiger partial charge is 0.508 e. The Labute approximate surface area is 188 Å². The highest BCUT2D eigenvalue weighted by molar-refractivity contribution is 5.93. The molecular weight excluding hydrogens is 435 g/mol. The lowest BCUT2D eigenvalue weighted by Gasteiger charge is -2.46. The predicted octanol–water partition coefficient (Wildman–Crippen LogP) is 5.97. The molecule has 1 aliphatic rings. The first-order valence-corrected chi connectivity index (χ1v) is 10.9. The third kappa shape index (κ3) is 3.76. The summed E-state index contributed by atoms with van der Waals surface area (Å²) in [6.07, 6.45) is -4.04. The molecule has 0 spiro atoms. The molecule has 3 aromatic rings. The first-order chi connectivity index (χ1) is 15.5. The van der Waals surface area contributed by atoms with Crippen molar-refractivity contribution in [1.29, 1.82) is 0 Å². The summed E-state index contributed by atoms with van der Waals surface area (Å²) >= 11 is 0. The van der Waals surface area contributed by atoms with E-state index in [1.54, 1.807) is 25.1 Å². The molecule has 176 valence electrons.